The summed E-state index contributed by atoms with van der Waals surface area (Å²) >= 11 is 0. The van der Waals surface area contributed by atoms with Gasteiger partial charge in [0.25, 0.3) is 0 Å². The molecule has 0 saturated carbocycles. The van der Waals surface area contributed by atoms with Gasteiger partial charge in [-0.15, -0.1) is 0 Å². The summed E-state index contributed by atoms with van der Waals surface area (Å²) in [5, 5.41) is 0. The maximum Gasteiger partial charge on any atom is 0.312 e. The van der Waals surface area contributed by atoms with Crippen LogP contribution in [0.2, 0.25) is 0 Å². The molecule has 4 nitrogen and oxygen atoms in total. The number of benzene rings is 4. The molecule has 0 aliphatic carbocycles. The highest BCUT2D eigenvalue weighted by atomic mass is 16.6. The van der Waals surface area contributed by atoms with E-state index in [9.17, 15) is 9.59 Å². The Morgan fingerprint density at radius 1 is 0.512 bits per heavy atom. The van der Waals surface area contributed by atoms with Crippen molar-refractivity contribution in [3.63, 3.8) is 0 Å². The van der Waals surface area contributed by atoms with Crippen LogP contribution >= 0.6 is 0 Å². The molecule has 0 aliphatic heterocycles. The van der Waals surface area contributed by atoms with Crippen LogP contribution in [0.4, 0.5) is 0 Å². The van der Waals surface area contributed by atoms with Crippen LogP contribution in [0.3, 0.4) is 0 Å². The van der Waals surface area contributed by atoms with Crippen molar-refractivity contribution in [2.75, 3.05) is 0 Å². The first kappa shape index (κ1) is 29.8. The van der Waals surface area contributed by atoms with Gasteiger partial charge in [-0.25, -0.2) is 0 Å². The van der Waals surface area contributed by atoms with Gasteiger partial charge in [-0.3, -0.25) is 9.59 Å². The van der Waals surface area contributed by atoms with Crippen LogP contribution in [-0.2, 0) is 19.1 Å². The zero-order valence-electron chi connectivity index (χ0n) is 25.1. The minimum Gasteiger partial charge on any atom is -0.452 e. The van der Waals surface area contributed by atoms with Gasteiger partial charge in [0.1, 0.15) is 0 Å². The van der Waals surface area contributed by atoms with E-state index in [0.29, 0.717) is 0 Å². The second kappa shape index (κ2) is 12.1. The average Bonchev–Trinajstić information content (AvgIpc) is 2.94. The van der Waals surface area contributed by atoms with Crippen molar-refractivity contribution < 1.29 is 19.1 Å². The van der Waals surface area contributed by atoms with E-state index in [1.54, 1.807) is 0 Å². The second-order valence-electron chi connectivity index (χ2n) is 12.6. The third-order valence-corrected chi connectivity index (χ3v) is 6.94. The third-order valence-electron chi connectivity index (χ3n) is 6.94. The van der Waals surface area contributed by atoms with Gasteiger partial charge >= 0.3 is 11.9 Å². The Morgan fingerprint density at radius 2 is 0.878 bits per heavy atom. The Kier molecular flexibility index (Phi) is 8.82. The van der Waals surface area contributed by atoms with Gasteiger partial charge in [0.15, 0.2) is 12.2 Å². The van der Waals surface area contributed by atoms with Gasteiger partial charge in [0.05, 0.1) is 10.8 Å². The number of esters is 2. The smallest absolute Gasteiger partial charge is 0.312 e. The molecule has 0 N–H and O–H groups in total. The lowest BCUT2D eigenvalue weighted by molar-refractivity contribution is -0.159. The molecule has 4 rings (SSSR count). The van der Waals surface area contributed by atoms with E-state index in [1.165, 1.54) is 0 Å². The molecule has 2 atom stereocenters. The van der Waals surface area contributed by atoms with E-state index in [1.807, 2.05) is 139 Å². The quantitative estimate of drug-likeness (QED) is 0.216. The minimum atomic E-state index is -0.705. The molecule has 0 aromatic heterocycles. The molecule has 0 aliphatic rings. The van der Waals surface area contributed by atoms with Crippen molar-refractivity contribution in [1.29, 1.82) is 0 Å². The van der Waals surface area contributed by atoms with Gasteiger partial charge in [-0.05, 0) is 70.7 Å². The second-order valence-corrected chi connectivity index (χ2v) is 12.6. The van der Waals surface area contributed by atoms with Crippen LogP contribution < -0.4 is 0 Å². The summed E-state index contributed by atoms with van der Waals surface area (Å²) in [4.78, 5) is 26.5. The molecule has 4 aromatic carbocycles. The lowest BCUT2D eigenvalue weighted by atomic mass is 9.89. The maximum atomic E-state index is 13.3. The molecule has 0 saturated heterocycles. The molecular formula is C37H40O4. The minimum absolute atomic E-state index is 0.312. The molecule has 4 heteroatoms. The maximum absolute atomic E-state index is 13.3. The summed E-state index contributed by atoms with van der Waals surface area (Å²) in [5.74, 6) is -0.628. The van der Waals surface area contributed by atoms with Crippen LogP contribution in [0.1, 0.15) is 81.6 Å². The van der Waals surface area contributed by atoms with Crippen LogP contribution in [-0.4, -0.2) is 11.9 Å². The van der Waals surface area contributed by atoms with Gasteiger partial charge in [-0.1, -0.05) is 109 Å². The first-order valence-electron chi connectivity index (χ1n) is 14.1. The number of carbonyl (C=O) groups is 2. The summed E-state index contributed by atoms with van der Waals surface area (Å²) < 4.78 is 12.5. The van der Waals surface area contributed by atoms with Gasteiger partial charge in [0, 0.05) is 11.1 Å². The third kappa shape index (κ3) is 7.32. The summed E-state index contributed by atoms with van der Waals surface area (Å²) in [7, 11) is 0. The Morgan fingerprint density at radius 3 is 1.29 bits per heavy atom. The number of carbonyl (C=O) groups excluding carboxylic acids is 2. The molecule has 0 heterocycles. The van der Waals surface area contributed by atoms with Crippen molar-refractivity contribution in [2.45, 2.75) is 60.7 Å². The highest BCUT2D eigenvalue weighted by Gasteiger charge is 2.33. The first-order chi connectivity index (χ1) is 19.3. The number of hydrogen-bond acceptors (Lipinski definition) is 4. The summed E-state index contributed by atoms with van der Waals surface area (Å²) in [6.45, 7) is 13.1. The molecular weight excluding hydrogens is 508 g/mol. The Hall–Kier alpha value is -4.18. The molecule has 0 amide bonds. The Balaban J connectivity index is 1.85. The summed E-state index contributed by atoms with van der Waals surface area (Å²) in [6.07, 6.45) is -1.39. The fraction of sp³-hybridized carbons (Fsp3) is 0.297. The molecule has 0 spiro atoms. The zero-order valence-corrected chi connectivity index (χ0v) is 25.1. The van der Waals surface area contributed by atoms with E-state index in [-0.39, 0.29) is 11.9 Å². The van der Waals surface area contributed by atoms with E-state index < -0.39 is 23.0 Å². The van der Waals surface area contributed by atoms with Crippen LogP contribution in [0.5, 0.6) is 0 Å². The molecule has 0 bridgehead atoms. The van der Waals surface area contributed by atoms with Crippen molar-refractivity contribution in [3.8, 4) is 11.1 Å². The van der Waals surface area contributed by atoms with E-state index in [0.717, 1.165) is 38.9 Å². The first-order valence-corrected chi connectivity index (χ1v) is 14.1. The van der Waals surface area contributed by atoms with Gasteiger partial charge in [-0.2, -0.15) is 0 Å². The molecule has 4 aromatic rings. The summed E-state index contributed by atoms with van der Waals surface area (Å²) in [6, 6.07) is 34.0. The van der Waals surface area contributed by atoms with E-state index in [2.05, 4.69) is 12.1 Å². The SMILES string of the molecule is Cc1ccc(C(OC(=O)C(C)(C)C)c2ccccc2C(OC(=O)C(C)(C)C)c2ccc(-c3ccccc3)cc2)cc1. The fourth-order valence-corrected chi connectivity index (χ4v) is 4.40. The normalized spacial score (nSPS) is 13.2. The Bertz CT molecular complexity index is 1470. The molecule has 0 radical (unpaired) electrons. The standard InChI is InChI=1S/C37H40O4/c1-25-17-19-28(20-18-25)32(40-34(38)36(2,3)4)30-15-11-12-16-31(30)33(41-35(39)37(5,6)7)29-23-21-27(22-24-29)26-13-9-8-10-14-26/h8-24,32-33H,1-7H3. The van der Waals surface area contributed by atoms with E-state index in [4.69, 9.17) is 9.47 Å². The number of hydrogen-bond donors (Lipinski definition) is 0. The molecule has 212 valence electrons. The topological polar surface area (TPSA) is 52.6 Å². The van der Waals surface area contributed by atoms with E-state index >= 15 is 0 Å². The summed E-state index contributed by atoms with van der Waals surface area (Å²) in [5.41, 5.74) is 5.11. The van der Waals surface area contributed by atoms with Crippen LogP contribution in [0, 0.1) is 17.8 Å². The number of ether oxygens (including phenoxy) is 2. The highest BCUT2D eigenvalue weighted by molar-refractivity contribution is 5.77. The molecule has 2 unspecified atom stereocenters. The van der Waals surface area contributed by atoms with Crippen molar-refractivity contribution >= 4 is 11.9 Å². The van der Waals surface area contributed by atoms with Crippen molar-refractivity contribution in [3.05, 3.63) is 131 Å². The van der Waals surface area contributed by atoms with Crippen molar-refractivity contribution in [1.82, 2.24) is 0 Å². The highest BCUT2D eigenvalue weighted by Crippen LogP contribution is 2.39. The van der Waals surface area contributed by atoms with Crippen molar-refractivity contribution in [2.24, 2.45) is 10.8 Å². The lowest BCUT2D eigenvalue weighted by Crippen LogP contribution is -2.28. The zero-order chi connectivity index (χ0) is 29.8. The number of rotatable bonds is 7. The largest absolute Gasteiger partial charge is 0.452 e. The molecule has 41 heavy (non-hydrogen) atoms. The number of aryl methyl sites for hydroxylation is 1. The van der Waals surface area contributed by atoms with Crippen LogP contribution in [0.15, 0.2) is 103 Å². The average molecular weight is 549 g/mol. The Labute approximate surface area is 244 Å². The fourth-order valence-electron chi connectivity index (χ4n) is 4.40. The lowest BCUT2D eigenvalue weighted by Gasteiger charge is -2.29. The monoisotopic (exact) mass is 548 g/mol. The van der Waals surface area contributed by atoms with Gasteiger partial charge in [0.2, 0.25) is 0 Å². The van der Waals surface area contributed by atoms with Gasteiger partial charge < -0.3 is 9.47 Å². The predicted molar refractivity (Wildman–Crippen MR) is 164 cm³/mol. The predicted octanol–water partition coefficient (Wildman–Crippen LogP) is 9.02. The van der Waals surface area contributed by atoms with Crippen LogP contribution in [0.25, 0.3) is 11.1 Å². The molecule has 0 fully saturated rings.